The van der Waals surface area contributed by atoms with Gasteiger partial charge in [-0.2, -0.15) is 0 Å². The van der Waals surface area contributed by atoms with Crippen LogP contribution in [0.3, 0.4) is 0 Å². The number of carbonyl (C=O) groups is 2. The third-order valence-electron chi connectivity index (χ3n) is 18.6. The highest BCUT2D eigenvalue weighted by Crippen LogP contribution is 2.23. The summed E-state index contributed by atoms with van der Waals surface area (Å²) < 4.78 is 27.4. The lowest BCUT2D eigenvalue weighted by molar-refractivity contribution is -0.135. The van der Waals surface area contributed by atoms with Crippen LogP contribution in [0.5, 0.6) is 0 Å². The molecule has 9 rings (SSSR count). The standard InChI is InChI=1S/2C9H19N.C8H18N2.C8H17NO2S.C8H17NO.C8H15NO.C8H17N.C7H13NO.C7H15N/c1-9(2,3)10-7-5-4-6-8-10;1-9(2)10-7-5-3-4-6-8-10;1-8(2,3)10-6-4-9-5-7-10;1-8(2,3)9-4-6-12(10,11)7-5-9;1-8(2,3)9-4-6-10-7-5-9;1-7(2)9-6-4-3-5-8(9)10;1-8(2,3)9-6-4-5-7-9;1-6(2)8-5-3-4-7(8)9;1-7(2,3)8-5-4-6-8/h4-8H2,1-3H3;9H,3-8H2,1-2H3;9H,4-7H2,1-3H3;4-7H2,1-3H3;4-7H2,1-3H3;7H,3-6H2,1-2H3;4-7H2,1-3H3;6H,3-5H2,1-2H3;4-6H2,1-3H3. The maximum Gasteiger partial charge on any atom is 0.222 e. The number of carbonyl (C=O) groups excluding carboxylic acids is 2. The van der Waals surface area contributed by atoms with Crippen LogP contribution < -0.4 is 5.32 Å². The summed E-state index contributed by atoms with van der Waals surface area (Å²) in [6.07, 6.45) is 19.0. The van der Waals surface area contributed by atoms with Crippen molar-refractivity contribution in [2.45, 2.75) is 314 Å². The van der Waals surface area contributed by atoms with Gasteiger partial charge in [0.05, 0.1) is 24.7 Å². The second-order valence-electron chi connectivity index (χ2n) is 33.0. The van der Waals surface area contributed by atoms with Crippen molar-refractivity contribution in [1.29, 1.82) is 0 Å². The zero-order valence-electron chi connectivity index (χ0n) is 62.9. The van der Waals surface area contributed by atoms with Crippen LogP contribution in [0.1, 0.15) is 262 Å². The Labute approximate surface area is 547 Å². The first-order chi connectivity index (χ1) is 40.6. The smallest absolute Gasteiger partial charge is 0.222 e. The number of nitrogens with zero attached hydrogens (tertiary/aromatic N) is 9. The molecule has 0 spiro atoms. The summed E-state index contributed by atoms with van der Waals surface area (Å²) in [4.78, 5) is 43.4. The molecule has 1 N–H and O–H groups in total. The number of amides is 2. The summed E-state index contributed by atoms with van der Waals surface area (Å²) in [5, 5.41) is 3.35. The van der Waals surface area contributed by atoms with Gasteiger partial charge in [0.2, 0.25) is 11.8 Å². The van der Waals surface area contributed by atoms with Gasteiger partial charge in [-0.25, -0.2) is 8.42 Å². The monoisotopic (exact) mass is 1270 g/mol. The fourth-order valence-electron chi connectivity index (χ4n) is 12.1. The molecular weight excluding hydrogens is 1120 g/mol. The van der Waals surface area contributed by atoms with Crippen molar-refractivity contribution in [1.82, 2.24) is 49.4 Å². The lowest BCUT2D eigenvalue weighted by Gasteiger charge is -2.42. The highest BCUT2D eigenvalue weighted by atomic mass is 32.2. The number of piperazine rings is 1. The minimum Gasteiger partial charge on any atom is -0.379 e. The minimum absolute atomic E-state index is 0.107. The number of rotatable bonds is 3. The summed E-state index contributed by atoms with van der Waals surface area (Å²) in [6, 6.07) is 1.56. The molecule has 2 amide bonds. The van der Waals surface area contributed by atoms with Crippen LogP contribution in [-0.2, 0) is 24.2 Å². The highest BCUT2D eigenvalue weighted by Gasteiger charge is 2.30. The van der Waals surface area contributed by atoms with Crippen LogP contribution in [0.25, 0.3) is 0 Å². The van der Waals surface area contributed by atoms with Crippen molar-refractivity contribution in [3.63, 3.8) is 0 Å². The van der Waals surface area contributed by atoms with Crippen molar-refractivity contribution >= 4 is 21.7 Å². The topological polar surface area (TPSA) is 119 Å². The molecule has 9 aliphatic rings. The number of hydrogen-bond donors (Lipinski definition) is 1. The van der Waals surface area contributed by atoms with E-state index in [0.29, 0.717) is 76.2 Å². The van der Waals surface area contributed by atoms with E-state index in [4.69, 9.17) is 4.74 Å². The van der Waals surface area contributed by atoms with Crippen molar-refractivity contribution in [3.8, 4) is 0 Å². The van der Waals surface area contributed by atoms with Crippen LogP contribution in [0.4, 0.5) is 0 Å². The molecule has 0 bridgehead atoms. The number of nitrogens with one attached hydrogen (secondary N) is 1. The number of sulfone groups is 1. The van der Waals surface area contributed by atoms with Crippen LogP contribution in [0.15, 0.2) is 0 Å². The van der Waals surface area contributed by atoms with Crippen LogP contribution >= 0.6 is 0 Å². The molecule has 0 radical (unpaired) electrons. The Morgan fingerprint density at radius 1 is 0.330 bits per heavy atom. The molecule has 0 atom stereocenters. The molecule has 0 unspecified atom stereocenters. The number of ether oxygens (including phenoxy) is 1. The molecule has 0 aromatic rings. The maximum atomic E-state index is 11.2. The van der Waals surface area contributed by atoms with Gasteiger partial charge in [-0.3, -0.25) is 39.0 Å². The van der Waals surface area contributed by atoms with Gasteiger partial charge in [-0.1, -0.05) is 19.3 Å². The van der Waals surface area contributed by atoms with Gasteiger partial charge in [-0.15, -0.1) is 0 Å². The Morgan fingerprint density at radius 3 is 0.886 bits per heavy atom. The summed E-state index contributed by atoms with van der Waals surface area (Å²) in [5.74, 6) is 1.31. The maximum absolute atomic E-state index is 11.2. The van der Waals surface area contributed by atoms with Crippen molar-refractivity contribution in [2.24, 2.45) is 0 Å². The molecule has 9 aliphatic heterocycles. The Hall–Kier alpha value is -1.47. The van der Waals surface area contributed by atoms with E-state index in [1.807, 2.05) is 9.80 Å². The van der Waals surface area contributed by atoms with Gasteiger partial charge in [0.1, 0.15) is 0 Å². The van der Waals surface area contributed by atoms with Gasteiger partial charge in [0, 0.05) is 130 Å². The molecule has 9 fully saturated rings. The van der Waals surface area contributed by atoms with Crippen molar-refractivity contribution in [2.75, 3.05) is 143 Å². The van der Waals surface area contributed by atoms with Gasteiger partial charge in [0.25, 0.3) is 0 Å². The summed E-state index contributed by atoms with van der Waals surface area (Å²) in [6.45, 7) is 75.9. The zero-order chi connectivity index (χ0) is 67.2. The Kier molecular flexibility index (Phi) is 39.8. The molecule has 0 saturated carbocycles. The van der Waals surface area contributed by atoms with Crippen LogP contribution in [0, 0.1) is 0 Å². The Balaban J connectivity index is 0.000000496. The molecular formula is C72H150N10O5S. The second kappa shape index (κ2) is 41.4. The SMILES string of the molecule is CC(C)(C)N1CCC1.CC(C)(C)N1CCCC1.CC(C)(C)N1CCCCC1.CC(C)(C)N1CCNCC1.CC(C)(C)N1CCOCC1.CC(C)(C)N1CCS(=O)(=O)CC1.CC(C)N1CCCC1=O.CC(C)N1CCCCC1=O.CC(C)N1CCCCCC1. The summed E-state index contributed by atoms with van der Waals surface area (Å²) in [5.41, 5.74) is 2.04. The molecule has 16 heteroatoms. The van der Waals surface area contributed by atoms with E-state index in [1.165, 1.54) is 136 Å². The minimum atomic E-state index is -2.72. The van der Waals surface area contributed by atoms with E-state index in [0.717, 1.165) is 84.2 Å². The third-order valence-corrected chi connectivity index (χ3v) is 20.2. The lowest BCUT2D eigenvalue weighted by atomic mass is 10.0. The largest absolute Gasteiger partial charge is 0.379 e. The van der Waals surface area contributed by atoms with E-state index in [9.17, 15) is 18.0 Å². The first kappa shape index (κ1) is 84.5. The Bertz CT molecular complexity index is 1830. The molecule has 524 valence electrons. The quantitative estimate of drug-likeness (QED) is 0.289. The molecule has 0 aromatic carbocycles. The molecule has 0 aromatic heterocycles. The number of likely N-dealkylation sites (tertiary alicyclic amines) is 6. The summed E-state index contributed by atoms with van der Waals surface area (Å²) >= 11 is 0. The average molecular weight is 1270 g/mol. The first-order valence-corrected chi connectivity index (χ1v) is 37.7. The Morgan fingerprint density at radius 2 is 0.614 bits per heavy atom. The van der Waals surface area contributed by atoms with E-state index >= 15 is 0 Å². The van der Waals surface area contributed by atoms with E-state index < -0.39 is 9.84 Å². The van der Waals surface area contributed by atoms with E-state index in [-0.39, 0.29) is 5.54 Å². The highest BCUT2D eigenvalue weighted by molar-refractivity contribution is 7.91. The van der Waals surface area contributed by atoms with Crippen LogP contribution in [-0.4, -0.2) is 258 Å². The zero-order valence-corrected chi connectivity index (χ0v) is 63.7. The summed E-state index contributed by atoms with van der Waals surface area (Å²) in [7, 11) is -2.72. The molecule has 9 heterocycles. The van der Waals surface area contributed by atoms with E-state index in [2.05, 4.69) is 206 Å². The predicted molar refractivity (Wildman–Crippen MR) is 380 cm³/mol. The molecule has 88 heavy (non-hydrogen) atoms. The number of piperidine rings is 2. The van der Waals surface area contributed by atoms with Gasteiger partial charge in [-0.05, 0) is 283 Å². The van der Waals surface area contributed by atoms with Gasteiger partial charge >= 0.3 is 0 Å². The number of hydrogen-bond acceptors (Lipinski definition) is 13. The number of morpholine rings is 1. The van der Waals surface area contributed by atoms with Gasteiger partial charge in [0.15, 0.2) is 9.84 Å². The van der Waals surface area contributed by atoms with E-state index in [1.54, 1.807) is 0 Å². The molecule has 0 aliphatic carbocycles. The first-order valence-electron chi connectivity index (χ1n) is 35.9. The van der Waals surface area contributed by atoms with Crippen LogP contribution in [0.2, 0.25) is 0 Å². The average Bonchev–Trinajstić information content (AvgIpc) is 4.19. The lowest BCUT2D eigenvalue weighted by Crippen LogP contribution is -2.51. The molecule has 9 saturated heterocycles. The van der Waals surface area contributed by atoms with Gasteiger partial charge < -0.3 is 24.8 Å². The fourth-order valence-corrected chi connectivity index (χ4v) is 13.3. The molecule has 15 nitrogen and oxygen atoms in total. The predicted octanol–water partition coefficient (Wildman–Crippen LogP) is 12.7. The fraction of sp³-hybridized carbons (Fsp3) is 0.972. The third kappa shape index (κ3) is 37.4. The second-order valence-corrected chi connectivity index (χ2v) is 35.4. The normalized spacial score (nSPS) is 22.8. The van der Waals surface area contributed by atoms with Crippen molar-refractivity contribution in [3.05, 3.63) is 0 Å². The van der Waals surface area contributed by atoms with Crippen molar-refractivity contribution < 1.29 is 22.7 Å².